The number of carbonyl (C=O) groups excluding carboxylic acids is 2. The molecule has 2 amide bonds. The SMILES string of the molecule is CCO[C@H](CC/C=C/C(=O)NO)[C@H](OC(=O)Nc1ccc(C)cc1)c1ccc(OCCO)cc1. The quantitative estimate of drug-likeness (QED) is 0.198. The van der Waals surface area contributed by atoms with E-state index in [4.69, 9.17) is 24.5 Å². The molecule has 0 saturated carbocycles. The summed E-state index contributed by atoms with van der Waals surface area (Å²) in [4.78, 5) is 23.9. The van der Waals surface area contributed by atoms with E-state index in [0.29, 0.717) is 36.4 Å². The molecule has 0 aromatic heterocycles. The van der Waals surface area contributed by atoms with Crippen LogP contribution in [0, 0.1) is 6.92 Å². The fourth-order valence-electron chi connectivity index (χ4n) is 3.20. The van der Waals surface area contributed by atoms with Gasteiger partial charge in [0.25, 0.3) is 5.91 Å². The van der Waals surface area contributed by atoms with E-state index in [1.807, 2.05) is 26.0 Å². The fourth-order valence-corrected chi connectivity index (χ4v) is 3.20. The molecular weight excluding hydrogens is 440 g/mol. The van der Waals surface area contributed by atoms with Gasteiger partial charge in [-0.1, -0.05) is 35.9 Å². The van der Waals surface area contributed by atoms with Gasteiger partial charge in [0, 0.05) is 18.4 Å². The Labute approximate surface area is 199 Å². The zero-order valence-electron chi connectivity index (χ0n) is 19.4. The fraction of sp³-hybridized carbons (Fsp3) is 0.360. The topological polar surface area (TPSA) is 126 Å². The first-order chi connectivity index (χ1) is 16.5. The standard InChI is InChI=1S/C25H32N2O7/c1-3-32-22(6-4-5-7-23(29)27-31)24(19-10-14-21(15-11-19)33-17-16-28)34-25(30)26-20-12-8-18(2)9-13-20/h5,7-15,22,24,28,31H,3-4,6,16-17H2,1-2H3,(H,26,30)(H,27,29)/b7-5+/t22-,24-/m1/s1. The Morgan fingerprint density at radius 3 is 2.41 bits per heavy atom. The van der Waals surface area contributed by atoms with Crippen molar-refractivity contribution in [3.63, 3.8) is 0 Å². The third kappa shape index (κ3) is 9.22. The molecule has 2 aromatic rings. The minimum Gasteiger partial charge on any atom is -0.491 e. The van der Waals surface area contributed by atoms with Gasteiger partial charge in [0.1, 0.15) is 12.4 Å². The van der Waals surface area contributed by atoms with Gasteiger partial charge in [-0.25, -0.2) is 10.3 Å². The predicted molar refractivity (Wildman–Crippen MR) is 127 cm³/mol. The summed E-state index contributed by atoms with van der Waals surface area (Å²) < 4.78 is 17.1. The Hall–Kier alpha value is -3.40. The summed E-state index contributed by atoms with van der Waals surface area (Å²) >= 11 is 0. The van der Waals surface area contributed by atoms with Crippen LogP contribution in [0.4, 0.5) is 10.5 Å². The number of hydroxylamine groups is 1. The molecule has 0 fully saturated rings. The van der Waals surface area contributed by atoms with Crippen molar-refractivity contribution >= 4 is 17.7 Å². The van der Waals surface area contributed by atoms with Crippen molar-refractivity contribution in [1.29, 1.82) is 0 Å². The molecule has 2 atom stereocenters. The van der Waals surface area contributed by atoms with Gasteiger partial charge >= 0.3 is 6.09 Å². The molecule has 4 N–H and O–H groups in total. The Kier molecular flexibility index (Phi) is 11.6. The van der Waals surface area contributed by atoms with Crippen molar-refractivity contribution in [3.05, 3.63) is 71.8 Å². The Bertz CT molecular complexity index is 914. The van der Waals surface area contributed by atoms with Gasteiger partial charge in [0.2, 0.25) is 0 Å². The Morgan fingerprint density at radius 1 is 1.09 bits per heavy atom. The number of anilines is 1. The maximum Gasteiger partial charge on any atom is 0.412 e. The third-order valence-electron chi connectivity index (χ3n) is 4.82. The van der Waals surface area contributed by atoms with Crippen LogP contribution in [0.1, 0.15) is 37.0 Å². The van der Waals surface area contributed by atoms with Crippen LogP contribution in [0.3, 0.4) is 0 Å². The maximum atomic E-state index is 12.7. The van der Waals surface area contributed by atoms with Crippen LogP contribution >= 0.6 is 0 Å². The first-order valence-electron chi connectivity index (χ1n) is 11.1. The number of amides is 2. The second-order valence-corrected chi connectivity index (χ2v) is 7.41. The first-order valence-corrected chi connectivity index (χ1v) is 11.1. The number of aliphatic hydroxyl groups excluding tert-OH is 1. The predicted octanol–water partition coefficient (Wildman–Crippen LogP) is 3.90. The van der Waals surface area contributed by atoms with Gasteiger partial charge in [-0.2, -0.15) is 0 Å². The van der Waals surface area contributed by atoms with E-state index >= 15 is 0 Å². The van der Waals surface area contributed by atoms with E-state index < -0.39 is 24.2 Å². The molecule has 0 aliphatic carbocycles. The molecule has 0 aliphatic rings. The Balaban J connectivity index is 2.20. The minimum atomic E-state index is -0.739. The van der Waals surface area contributed by atoms with E-state index in [-0.39, 0.29) is 13.2 Å². The molecule has 9 nitrogen and oxygen atoms in total. The highest BCUT2D eigenvalue weighted by molar-refractivity contribution is 5.86. The van der Waals surface area contributed by atoms with Crippen molar-refractivity contribution in [2.75, 3.05) is 25.1 Å². The summed E-state index contributed by atoms with van der Waals surface area (Å²) in [7, 11) is 0. The lowest BCUT2D eigenvalue weighted by atomic mass is 10.00. The number of aliphatic hydroxyl groups is 1. The normalized spacial score (nSPS) is 12.7. The molecule has 9 heteroatoms. The summed E-state index contributed by atoms with van der Waals surface area (Å²) in [5.41, 5.74) is 3.91. The van der Waals surface area contributed by atoms with Gasteiger partial charge in [0.05, 0.1) is 12.7 Å². The van der Waals surface area contributed by atoms with Crippen molar-refractivity contribution in [2.45, 2.75) is 38.9 Å². The van der Waals surface area contributed by atoms with E-state index in [1.165, 1.54) is 11.6 Å². The molecule has 184 valence electrons. The smallest absolute Gasteiger partial charge is 0.412 e. The highest BCUT2D eigenvalue weighted by Gasteiger charge is 2.27. The lowest BCUT2D eigenvalue weighted by Crippen LogP contribution is -2.29. The van der Waals surface area contributed by atoms with Crippen LogP contribution in [-0.4, -0.2) is 48.2 Å². The van der Waals surface area contributed by atoms with Gasteiger partial charge in [0.15, 0.2) is 6.10 Å². The average molecular weight is 473 g/mol. The lowest BCUT2D eigenvalue weighted by Gasteiger charge is -2.27. The van der Waals surface area contributed by atoms with Crippen LogP contribution in [0.5, 0.6) is 5.75 Å². The number of ether oxygens (including phenoxy) is 3. The van der Waals surface area contributed by atoms with Crippen LogP contribution in [-0.2, 0) is 14.3 Å². The van der Waals surface area contributed by atoms with Gasteiger partial charge < -0.3 is 19.3 Å². The molecule has 0 radical (unpaired) electrons. The number of allylic oxidation sites excluding steroid dienone is 1. The lowest BCUT2D eigenvalue weighted by molar-refractivity contribution is -0.124. The van der Waals surface area contributed by atoms with Crippen molar-refractivity contribution in [3.8, 4) is 5.75 Å². The number of rotatable bonds is 13. The van der Waals surface area contributed by atoms with E-state index in [9.17, 15) is 9.59 Å². The van der Waals surface area contributed by atoms with Crippen molar-refractivity contribution < 1.29 is 34.1 Å². The van der Waals surface area contributed by atoms with Gasteiger partial charge in [-0.15, -0.1) is 0 Å². The number of hydrogen-bond donors (Lipinski definition) is 4. The Morgan fingerprint density at radius 2 is 1.79 bits per heavy atom. The molecule has 34 heavy (non-hydrogen) atoms. The summed E-state index contributed by atoms with van der Waals surface area (Å²) in [6, 6.07) is 14.4. The first kappa shape index (κ1) is 26.8. The summed E-state index contributed by atoms with van der Waals surface area (Å²) in [5, 5.41) is 20.3. The highest BCUT2D eigenvalue weighted by Crippen LogP contribution is 2.29. The number of nitrogens with one attached hydrogen (secondary N) is 2. The molecule has 0 aliphatic heterocycles. The monoisotopic (exact) mass is 472 g/mol. The third-order valence-corrected chi connectivity index (χ3v) is 4.82. The molecule has 0 unspecified atom stereocenters. The van der Waals surface area contributed by atoms with E-state index in [2.05, 4.69) is 5.32 Å². The second kappa shape index (κ2) is 14.7. The molecule has 0 heterocycles. The van der Waals surface area contributed by atoms with E-state index in [0.717, 1.165) is 5.56 Å². The number of aryl methyl sites for hydroxylation is 1. The van der Waals surface area contributed by atoms with Gasteiger partial charge in [-0.05, 0) is 56.5 Å². The summed E-state index contributed by atoms with van der Waals surface area (Å²) in [6.45, 7) is 4.27. The van der Waals surface area contributed by atoms with Crippen LogP contribution in [0.15, 0.2) is 60.7 Å². The van der Waals surface area contributed by atoms with Gasteiger partial charge in [-0.3, -0.25) is 15.3 Å². The van der Waals surface area contributed by atoms with Crippen molar-refractivity contribution in [1.82, 2.24) is 5.48 Å². The van der Waals surface area contributed by atoms with E-state index in [1.54, 1.807) is 42.5 Å². The molecule has 0 saturated heterocycles. The minimum absolute atomic E-state index is 0.0963. The number of carbonyl (C=O) groups is 2. The van der Waals surface area contributed by atoms with Crippen molar-refractivity contribution in [2.24, 2.45) is 0 Å². The second-order valence-electron chi connectivity index (χ2n) is 7.41. The average Bonchev–Trinajstić information content (AvgIpc) is 2.85. The van der Waals surface area contributed by atoms with Crippen LogP contribution in [0.2, 0.25) is 0 Å². The van der Waals surface area contributed by atoms with Crippen LogP contribution < -0.4 is 15.5 Å². The number of hydrogen-bond acceptors (Lipinski definition) is 7. The maximum absolute atomic E-state index is 12.7. The molecular formula is C25H32N2O7. The largest absolute Gasteiger partial charge is 0.491 e. The molecule has 0 spiro atoms. The zero-order valence-corrected chi connectivity index (χ0v) is 19.4. The number of benzene rings is 2. The summed E-state index contributed by atoms with van der Waals surface area (Å²) in [5.74, 6) is -0.0525. The molecule has 2 rings (SSSR count). The van der Waals surface area contributed by atoms with Crippen LogP contribution in [0.25, 0.3) is 0 Å². The summed E-state index contributed by atoms with van der Waals surface area (Å²) in [6.07, 6.45) is 1.86. The zero-order chi connectivity index (χ0) is 24.8. The molecule has 0 bridgehead atoms. The highest BCUT2D eigenvalue weighted by atomic mass is 16.6. The molecule has 2 aromatic carbocycles.